The Hall–Kier alpha value is -1.99. The van der Waals surface area contributed by atoms with E-state index in [0.717, 1.165) is 44.7 Å². The Bertz CT molecular complexity index is 865. The number of amides is 1. The lowest BCUT2D eigenvalue weighted by atomic mass is 9.93. The number of halogens is 1. The number of aryl methyl sites for hydroxylation is 1. The predicted molar refractivity (Wildman–Crippen MR) is 121 cm³/mol. The molecule has 2 aliphatic rings. The van der Waals surface area contributed by atoms with Crippen molar-refractivity contribution in [3.05, 3.63) is 40.7 Å². The van der Waals surface area contributed by atoms with Gasteiger partial charge >= 0.3 is 0 Å². The summed E-state index contributed by atoms with van der Waals surface area (Å²) in [5.74, 6) is 0.283. The highest BCUT2D eigenvalue weighted by Crippen LogP contribution is 2.29. The van der Waals surface area contributed by atoms with Crippen LogP contribution < -0.4 is 10.2 Å². The summed E-state index contributed by atoms with van der Waals surface area (Å²) in [5, 5.41) is 4.10. The molecule has 7 heteroatoms. The lowest BCUT2D eigenvalue weighted by molar-refractivity contribution is -0.116. The van der Waals surface area contributed by atoms with Crippen LogP contribution >= 0.6 is 11.3 Å². The SMILES string of the molecule is Cc1cc(F)ccc1NC(=O)CCC1CCCN(Cc2cnc(N3CCCC3)s2)C1. The fourth-order valence-electron chi connectivity index (χ4n) is 4.49. The molecule has 162 valence electrons. The summed E-state index contributed by atoms with van der Waals surface area (Å²) in [4.78, 5) is 23.2. The molecule has 1 N–H and O–H groups in total. The number of carbonyl (C=O) groups is 1. The van der Waals surface area contributed by atoms with E-state index in [1.54, 1.807) is 6.07 Å². The molecule has 1 aromatic carbocycles. The standard InChI is InChI=1S/C23H31FN4OS/c1-17-13-19(24)7-8-21(17)26-22(29)9-6-18-5-4-10-27(15-18)16-20-14-25-23(30-20)28-11-2-3-12-28/h7-8,13-14,18H,2-6,9-12,15-16H2,1H3,(H,26,29). The summed E-state index contributed by atoms with van der Waals surface area (Å²) in [7, 11) is 0. The van der Waals surface area contributed by atoms with Crippen LogP contribution in [0.25, 0.3) is 0 Å². The first kappa shape index (κ1) is 21.2. The smallest absolute Gasteiger partial charge is 0.224 e. The number of hydrogen-bond acceptors (Lipinski definition) is 5. The van der Waals surface area contributed by atoms with E-state index in [2.05, 4.69) is 20.1 Å². The van der Waals surface area contributed by atoms with Crippen LogP contribution in [0.3, 0.4) is 0 Å². The number of rotatable bonds is 7. The van der Waals surface area contributed by atoms with Gasteiger partial charge in [0.25, 0.3) is 0 Å². The largest absolute Gasteiger partial charge is 0.348 e. The van der Waals surface area contributed by atoms with Crippen LogP contribution in [0.2, 0.25) is 0 Å². The monoisotopic (exact) mass is 430 g/mol. The highest BCUT2D eigenvalue weighted by atomic mass is 32.1. The van der Waals surface area contributed by atoms with Crippen molar-refractivity contribution in [3.8, 4) is 0 Å². The molecule has 0 bridgehead atoms. The molecule has 1 aromatic heterocycles. The van der Waals surface area contributed by atoms with Crippen LogP contribution in [-0.2, 0) is 11.3 Å². The van der Waals surface area contributed by atoms with Gasteiger partial charge in [-0.1, -0.05) is 0 Å². The minimum absolute atomic E-state index is 0.0135. The van der Waals surface area contributed by atoms with E-state index in [1.165, 1.54) is 47.8 Å². The maximum absolute atomic E-state index is 13.2. The Labute approximate surface area is 182 Å². The van der Waals surface area contributed by atoms with Crippen LogP contribution in [-0.4, -0.2) is 42.0 Å². The molecular weight excluding hydrogens is 399 g/mol. The molecule has 1 amide bonds. The molecule has 0 spiro atoms. The summed E-state index contributed by atoms with van der Waals surface area (Å²) < 4.78 is 13.2. The first-order valence-corrected chi connectivity index (χ1v) is 11.9. The maximum atomic E-state index is 13.2. The minimum atomic E-state index is -0.277. The van der Waals surface area contributed by atoms with E-state index in [4.69, 9.17) is 0 Å². The molecule has 0 saturated carbocycles. The number of hydrogen-bond donors (Lipinski definition) is 1. The third-order valence-electron chi connectivity index (χ3n) is 6.14. The molecule has 3 heterocycles. The summed E-state index contributed by atoms with van der Waals surface area (Å²) in [6, 6.07) is 4.47. The number of benzene rings is 1. The van der Waals surface area contributed by atoms with Gasteiger partial charge in [-0.2, -0.15) is 0 Å². The van der Waals surface area contributed by atoms with Gasteiger partial charge in [-0.25, -0.2) is 9.37 Å². The highest BCUT2D eigenvalue weighted by Gasteiger charge is 2.22. The normalized spacial score (nSPS) is 19.9. The van der Waals surface area contributed by atoms with Gasteiger partial charge in [-0.3, -0.25) is 9.69 Å². The van der Waals surface area contributed by atoms with Crippen molar-refractivity contribution in [1.29, 1.82) is 0 Å². The van der Waals surface area contributed by atoms with Gasteiger partial charge < -0.3 is 10.2 Å². The Morgan fingerprint density at radius 3 is 2.90 bits per heavy atom. The van der Waals surface area contributed by atoms with Crippen molar-refractivity contribution in [2.24, 2.45) is 5.92 Å². The fraction of sp³-hybridized carbons (Fsp3) is 0.565. The van der Waals surface area contributed by atoms with Gasteiger partial charge in [-0.05, 0) is 75.3 Å². The van der Waals surface area contributed by atoms with E-state index < -0.39 is 0 Å². The summed E-state index contributed by atoms with van der Waals surface area (Å²) in [5.41, 5.74) is 1.45. The van der Waals surface area contributed by atoms with Crippen LogP contribution in [0.1, 0.15) is 49.0 Å². The minimum Gasteiger partial charge on any atom is -0.348 e. The van der Waals surface area contributed by atoms with Gasteiger partial charge in [-0.15, -0.1) is 11.3 Å². The van der Waals surface area contributed by atoms with Crippen molar-refractivity contribution in [3.63, 3.8) is 0 Å². The molecule has 0 aliphatic carbocycles. The second-order valence-electron chi connectivity index (χ2n) is 8.59. The second-order valence-corrected chi connectivity index (χ2v) is 9.69. The molecule has 1 unspecified atom stereocenters. The molecular formula is C23H31FN4OS. The Balaban J connectivity index is 1.23. The molecule has 30 heavy (non-hydrogen) atoms. The van der Waals surface area contributed by atoms with E-state index >= 15 is 0 Å². The molecule has 4 rings (SSSR count). The van der Waals surface area contributed by atoms with Crippen molar-refractivity contribution >= 4 is 28.1 Å². The molecule has 2 saturated heterocycles. The molecule has 1 atom stereocenters. The summed E-state index contributed by atoms with van der Waals surface area (Å²) in [6.45, 7) is 7.21. The van der Waals surface area contributed by atoms with Crippen LogP contribution in [0, 0.1) is 18.7 Å². The zero-order valence-corrected chi connectivity index (χ0v) is 18.5. The summed E-state index contributed by atoms with van der Waals surface area (Å²) in [6.07, 6.45) is 8.36. The van der Waals surface area contributed by atoms with E-state index in [0.29, 0.717) is 18.0 Å². The lowest BCUT2D eigenvalue weighted by Gasteiger charge is -2.32. The second kappa shape index (κ2) is 9.88. The lowest BCUT2D eigenvalue weighted by Crippen LogP contribution is -2.35. The number of likely N-dealkylation sites (tertiary alicyclic amines) is 1. The third-order valence-corrected chi connectivity index (χ3v) is 7.19. The van der Waals surface area contributed by atoms with Crippen LogP contribution in [0.15, 0.2) is 24.4 Å². The number of thiazole rings is 1. The summed E-state index contributed by atoms with van der Waals surface area (Å²) >= 11 is 1.83. The van der Waals surface area contributed by atoms with Gasteiger partial charge in [0.05, 0.1) is 0 Å². The quantitative estimate of drug-likeness (QED) is 0.684. The Morgan fingerprint density at radius 2 is 2.10 bits per heavy atom. The van der Waals surface area contributed by atoms with E-state index in [1.807, 2.05) is 24.5 Å². The molecule has 5 nitrogen and oxygen atoms in total. The van der Waals surface area contributed by atoms with Crippen molar-refractivity contribution in [2.45, 2.75) is 52.0 Å². The van der Waals surface area contributed by atoms with Gasteiger partial charge in [0.2, 0.25) is 5.91 Å². The molecule has 0 radical (unpaired) electrons. The van der Waals surface area contributed by atoms with E-state index in [9.17, 15) is 9.18 Å². The fourth-order valence-corrected chi connectivity index (χ4v) is 5.50. The number of nitrogens with one attached hydrogen (secondary N) is 1. The van der Waals surface area contributed by atoms with Crippen molar-refractivity contribution in [2.75, 3.05) is 36.4 Å². The first-order valence-electron chi connectivity index (χ1n) is 11.0. The van der Waals surface area contributed by atoms with Crippen LogP contribution in [0.4, 0.5) is 15.2 Å². The Kier molecular flexibility index (Phi) is 7.00. The topological polar surface area (TPSA) is 48.5 Å². The van der Waals surface area contributed by atoms with Gasteiger partial charge in [0, 0.05) is 49.4 Å². The van der Waals surface area contributed by atoms with E-state index in [-0.39, 0.29) is 11.7 Å². The number of nitrogens with zero attached hydrogens (tertiary/aromatic N) is 3. The number of aromatic nitrogens is 1. The first-order chi connectivity index (χ1) is 14.6. The van der Waals surface area contributed by atoms with Crippen molar-refractivity contribution < 1.29 is 9.18 Å². The number of anilines is 2. The Morgan fingerprint density at radius 1 is 1.27 bits per heavy atom. The van der Waals surface area contributed by atoms with Crippen molar-refractivity contribution in [1.82, 2.24) is 9.88 Å². The third kappa shape index (κ3) is 5.58. The molecule has 2 fully saturated rings. The zero-order chi connectivity index (χ0) is 20.9. The predicted octanol–water partition coefficient (Wildman–Crippen LogP) is 4.82. The average Bonchev–Trinajstić information content (AvgIpc) is 3.41. The number of carbonyl (C=O) groups excluding carboxylic acids is 1. The zero-order valence-electron chi connectivity index (χ0n) is 17.7. The average molecular weight is 431 g/mol. The number of piperidine rings is 1. The highest BCUT2D eigenvalue weighted by molar-refractivity contribution is 7.15. The van der Waals surface area contributed by atoms with Crippen LogP contribution in [0.5, 0.6) is 0 Å². The van der Waals surface area contributed by atoms with Gasteiger partial charge in [0.1, 0.15) is 5.82 Å². The molecule has 2 aromatic rings. The molecule has 2 aliphatic heterocycles. The maximum Gasteiger partial charge on any atom is 0.224 e. The van der Waals surface area contributed by atoms with Gasteiger partial charge in [0.15, 0.2) is 5.13 Å².